The third kappa shape index (κ3) is 5.69. The third-order valence-electron chi connectivity index (χ3n) is 6.89. The van der Waals surface area contributed by atoms with Crippen LogP contribution in [0.15, 0.2) is 55.4 Å². The zero-order valence-corrected chi connectivity index (χ0v) is 22.7. The lowest BCUT2D eigenvalue weighted by Crippen LogP contribution is -2.23. The van der Waals surface area contributed by atoms with Crippen molar-refractivity contribution < 1.29 is 14.7 Å². The lowest BCUT2D eigenvalue weighted by molar-refractivity contribution is -0.111. The summed E-state index contributed by atoms with van der Waals surface area (Å²) in [5.41, 5.74) is 3.37. The fraction of sp³-hybridized carbons (Fsp3) is 0.321. The van der Waals surface area contributed by atoms with Crippen molar-refractivity contribution in [1.82, 2.24) is 19.5 Å². The molecule has 0 aliphatic heterocycles. The SMILES string of the molecule is C=CC(=O)Nc1cc(C(=O)Nc2nc3cccc(C)c3n2[C@H]2CC[C@H](O)CC2)sc1N(C)Cc1ncccn1. The zero-order valence-electron chi connectivity index (χ0n) is 21.9. The van der Waals surface area contributed by atoms with E-state index < -0.39 is 0 Å². The van der Waals surface area contributed by atoms with Crippen LogP contribution in [0.5, 0.6) is 0 Å². The highest BCUT2D eigenvalue weighted by Gasteiger charge is 2.27. The second-order valence-electron chi connectivity index (χ2n) is 9.71. The maximum Gasteiger partial charge on any atom is 0.268 e. The summed E-state index contributed by atoms with van der Waals surface area (Å²) in [5.74, 6) is 0.391. The normalized spacial score (nSPS) is 17.1. The number of imidazole rings is 1. The van der Waals surface area contributed by atoms with E-state index in [0.717, 1.165) is 29.4 Å². The van der Waals surface area contributed by atoms with Gasteiger partial charge in [0.15, 0.2) is 0 Å². The van der Waals surface area contributed by atoms with Gasteiger partial charge in [0.2, 0.25) is 11.9 Å². The van der Waals surface area contributed by atoms with E-state index in [2.05, 4.69) is 31.7 Å². The predicted octanol–water partition coefficient (Wildman–Crippen LogP) is 4.69. The molecule has 1 fully saturated rings. The largest absolute Gasteiger partial charge is 0.393 e. The van der Waals surface area contributed by atoms with Crippen molar-refractivity contribution in [2.75, 3.05) is 22.6 Å². The molecule has 0 spiro atoms. The van der Waals surface area contributed by atoms with Gasteiger partial charge in [0, 0.05) is 25.5 Å². The number of nitrogens with one attached hydrogen (secondary N) is 2. The highest BCUT2D eigenvalue weighted by atomic mass is 32.1. The van der Waals surface area contributed by atoms with E-state index in [-0.39, 0.29) is 24.0 Å². The summed E-state index contributed by atoms with van der Waals surface area (Å²) in [6, 6.07) is 9.46. The number of anilines is 3. The molecular weight excluding hydrogens is 514 g/mol. The van der Waals surface area contributed by atoms with Crippen LogP contribution < -0.4 is 15.5 Å². The maximum absolute atomic E-state index is 13.6. The molecular formula is C28H31N7O3S. The summed E-state index contributed by atoms with van der Waals surface area (Å²) in [4.78, 5) is 41.4. The molecule has 0 radical (unpaired) electrons. The molecule has 3 N–H and O–H groups in total. The molecule has 39 heavy (non-hydrogen) atoms. The van der Waals surface area contributed by atoms with Gasteiger partial charge >= 0.3 is 0 Å². The van der Waals surface area contributed by atoms with E-state index >= 15 is 0 Å². The number of hydrogen-bond donors (Lipinski definition) is 3. The van der Waals surface area contributed by atoms with Crippen molar-refractivity contribution in [3.8, 4) is 0 Å². The van der Waals surface area contributed by atoms with Crippen LogP contribution in [0.4, 0.5) is 16.6 Å². The molecule has 3 aromatic heterocycles. The molecule has 0 unspecified atom stereocenters. The highest BCUT2D eigenvalue weighted by Crippen LogP contribution is 2.38. The Morgan fingerprint density at radius 1 is 1.18 bits per heavy atom. The molecule has 10 nitrogen and oxygen atoms in total. The van der Waals surface area contributed by atoms with E-state index in [0.29, 0.717) is 46.7 Å². The predicted molar refractivity (Wildman–Crippen MR) is 153 cm³/mol. The van der Waals surface area contributed by atoms with Crippen LogP contribution >= 0.6 is 11.3 Å². The van der Waals surface area contributed by atoms with Gasteiger partial charge in [0.1, 0.15) is 10.8 Å². The van der Waals surface area contributed by atoms with E-state index in [1.807, 2.05) is 37.1 Å². The summed E-state index contributed by atoms with van der Waals surface area (Å²) in [7, 11) is 1.85. The Kier molecular flexibility index (Phi) is 7.71. The van der Waals surface area contributed by atoms with Crippen molar-refractivity contribution in [3.63, 3.8) is 0 Å². The fourth-order valence-electron chi connectivity index (χ4n) is 4.99. The van der Waals surface area contributed by atoms with Crippen LogP contribution in [-0.4, -0.2) is 49.6 Å². The van der Waals surface area contributed by atoms with Crippen LogP contribution in [0.2, 0.25) is 0 Å². The third-order valence-corrected chi connectivity index (χ3v) is 8.14. The molecule has 5 rings (SSSR count). The van der Waals surface area contributed by atoms with Crippen LogP contribution in [0, 0.1) is 6.92 Å². The fourth-order valence-corrected chi connectivity index (χ4v) is 5.96. The number of benzene rings is 1. The number of fused-ring (bicyclic) bond motifs is 1. The summed E-state index contributed by atoms with van der Waals surface area (Å²) >= 11 is 1.26. The molecule has 1 aromatic carbocycles. The van der Waals surface area contributed by atoms with Gasteiger partial charge in [-0.05, 0) is 62.4 Å². The molecule has 0 saturated heterocycles. The minimum atomic E-state index is -0.373. The summed E-state index contributed by atoms with van der Waals surface area (Å²) in [6.45, 7) is 5.96. The first-order valence-corrected chi connectivity index (χ1v) is 13.7. The van der Waals surface area contributed by atoms with Gasteiger partial charge in [0.05, 0.1) is 34.2 Å². The number of aliphatic hydroxyl groups is 1. The lowest BCUT2D eigenvalue weighted by Gasteiger charge is -2.28. The van der Waals surface area contributed by atoms with Crippen molar-refractivity contribution in [2.24, 2.45) is 0 Å². The summed E-state index contributed by atoms with van der Waals surface area (Å²) < 4.78 is 2.11. The number of carbonyl (C=O) groups excluding carboxylic acids is 2. The molecule has 4 aromatic rings. The molecule has 1 aliphatic carbocycles. The molecule has 0 atom stereocenters. The van der Waals surface area contributed by atoms with Gasteiger partial charge in [-0.25, -0.2) is 15.0 Å². The molecule has 2 amide bonds. The van der Waals surface area contributed by atoms with Crippen LogP contribution in [0.25, 0.3) is 11.0 Å². The smallest absolute Gasteiger partial charge is 0.268 e. The number of hydrogen-bond acceptors (Lipinski definition) is 8. The van der Waals surface area contributed by atoms with Crippen molar-refractivity contribution >= 4 is 50.8 Å². The molecule has 1 aliphatic rings. The standard InChI is InChI=1S/C28H31N7O3S/c1-4-24(37)31-21-15-22(39-27(21)34(3)16-23-29-13-6-14-30-23)26(38)33-28-32-20-8-5-7-17(2)25(20)35(28)18-9-11-19(36)12-10-18/h4-8,13-15,18-19,36H,1,9-12,16H2,2-3H3,(H,31,37)(H,32,33,38)/t18-,19-. The second kappa shape index (κ2) is 11.3. The minimum Gasteiger partial charge on any atom is -0.393 e. The number of aromatic nitrogens is 4. The van der Waals surface area contributed by atoms with Gasteiger partial charge in [-0.3, -0.25) is 14.9 Å². The number of para-hydroxylation sites is 1. The van der Waals surface area contributed by atoms with Crippen LogP contribution in [-0.2, 0) is 11.3 Å². The maximum atomic E-state index is 13.6. The van der Waals surface area contributed by atoms with E-state index in [1.165, 1.54) is 17.4 Å². The van der Waals surface area contributed by atoms with Crippen molar-refractivity contribution in [2.45, 2.75) is 51.3 Å². The number of carbonyl (C=O) groups is 2. The molecule has 202 valence electrons. The molecule has 0 bridgehead atoms. The van der Waals surface area contributed by atoms with Gasteiger partial charge in [0.25, 0.3) is 5.91 Å². The first-order chi connectivity index (χ1) is 18.8. The minimum absolute atomic E-state index is 0.119. The Morgan fingerprint density at radius 3 is 2.64 bits per heavy atom. The Bertz CT molecular complexity index is 1510. The number of thiophene rings is 1. The van der Waals surface area contributed by atoms with E-state index in [9.17, 15) is 14.7 Å². The molecule has 3 heterocycles. The summed E-state index contributed by atoms with van der Waals surface area (Å²) in [6.07, 6.45) is 7.27. The first-order valence-electron chi connectivity index (χ1n) is 12.8. The zero-order chi connectivity index (χ0) is 27.5. The van der Waals surface area contributed by atoms with Crippen LogP contribution in [0.1, 0.15) is 52.8 Å². The van der Waals surface area contributed by atoms with Gasteiger partial charge < -0.3 is 19.9 Å². The van der Waals surface area contributed by atoms with E-state index in [4.69, 9.17) is 4.98 Å². The Labute approximate surface area is 230 Å². The lowest BCUT2D eigenvalue weighted by atomic mass is 9.92. The van der Waals surface area contributed by atoms with Gasteiger partial charge in [-0.15, -0.1) is 11.3 Å². The monoisotopic (exact) mass is 545 g/mol. The quantitative estimate of drug-likeness (QED) is 0.274. The average molecular weight is 546 g/mol. The Hall–Kier alpha value is -4.09. The number of nitrogens with zero attached hydrogens (tertiary/aromatic N) is 5. The molecule has 1 saturated carbocycles. The van der Waals surface area contributed by atoms with Gasteiger partial charge in [-0.1, -0.05) is 18.7 Å². The van der Waals surface area contributed by atoms with E-state index in [1.54, 1.807) is 24.5 Å². The average Bonchev–Trinajstić information content (AvgIpc) is 3.52. The number of amides is 2. The second-order valence-corrected chi connectivity index (χ2v) is 10.7. The Morgan fingerprint density at radius 2 is 1.92 bits per heavy atom. The highest BCUT2D eigenvalue weighted by molar-refractivity contribution is 7.18. The van der Waals surface area contributed by atoms with Crippen molar-refractivity contribution in [3.05, 3.63) is 71.6 Å². The number of aliphatic hydroxyl groups excluding tert-OH is 1. The molecule has 11 heteroatoms. The van der Waals surface area contributed by atoms with Crippen LogP contribution in [0.3, 0.4) is 0 Å². The van der Waals surface area contributed by atoms with Gasteiger partial charge in [-0.2, -0.15) is 0 Å². The first kappa shape index (κ1) is 26.5. The number of aryl methyl sites for hydroxylation is 1. The summed E-state index contributed by atoms with van der Waals surface area (Å²) in [5, 5.41) is 16.6. The number of rotatable bonds is 8. The Balaban J connectivity index is 1.47. The van der Waals surface area contributed by atoms with Crippen molar-refractivity contribution in [1.29, 1.82) is 0 Å². The topological polar surface area (TPSA) is 125 Å².